The van der Waals surface area contributed by atoms with Crippen molar-refractivity contribution in [3.63, 3.8) is 0 Å². The monoisotopic (exact) mass is 386 g/mol. The largest absolute Gasteiger partial charge is 0.461 e. The van der Waals surface area contributed by atoms with Gasteiger partial charge in [-0.2, -0.15) is 4.52 Å². The van der Waals surface area contributed by atoms with Crippen molar-refractivity contribution in [2.75, 3.05) is 12.3 Å². The van der Waals surface area contributed by atoms with Gasteiger partial charge in [0.15, 0.2) is 11.4 Å². The summed E-state index contributed by atoms with van der Waals surface area (Å²) in [6, 6.07) is 11.9. The van der Waals surface area contributed by atoms with Gasteiger partial charge in [-0.1, -0.05) is 18.2 Å². The number of hydrogen-bond acceptors (Lipinski definition) is 7. The Morgan fingerprint density at radius 1 is 1.14 bits per heavy atom. The third kappa shape index (κ3) is 2.60. The number of anilines is 1. The van der Waals surface area contributed by atoms with Crippen molar-refractivity contribution < 1.29 is 8.83 Å². The maximum atomic E-state index is 6.10. The van der Waals surface area contributed by atoms with Crippen LogP contribution in [0, 0.1) is 0 Å². The van der Waals surface area contributed by atoms with Crippen molar-refractivity contribution in [2.24, 2.45) is 0 Å². The molecule has 0 amide bonds. The van der Waals surface area contributed by atoms with E-state index in [9.17, 15) is 0 Å². The molecule has 0 saturated heterocycles. The predicted molar refractivity (Wildman–Crippen MR) is 107 cm³/mol. The van der Waals surface area contributed by atoms with E-state index in [-0.39, 0.29) is 0 Å². The van der Waals surface area contributed by atoms with Gasteiger partial charge in [0, 0.05) is 35.8 Å². The standard InChI is InChI=1S/C21H18N6O2/c22-21-23-10-13(20-24-19(25-27(20)21)17-6-3-9-28-17)11-26-8-7-15-14-4-1-2-5-16(14)29-18(15)12-26/h1-6,9-10H,7-8,11-12H2,(H2,22,23). The van der Waals surface area contributed by atoms with Crippen LogP contribution in [0.2, 0.25) is 0 Å². The molecule has 2 N–H and O–H groups in total. The zero-order valence-electron chi connectivity index (χ0n) is 15.6. The highest BCUT2D eigenvalue weighted by Crippen LogP contribution is 2.31. The van der Waals surface area contributed by atoms with Crippen molar-refractivity contribution in [1.29, 1.82) is 0 Å². The van der Waals surface area contributed by atoms with E-state index in [0.29, 0.717) is 29.7 Å². The molecule has 6 rings (SSSR count). The molecule has 0 saturated carbocycles. The maximum Gasteiger partial charge on any atom is 0.223 e. The summed E-state index contributed by atoms with van der Waals surface area (Å²) in [7, 11) is 0. The first kappa shape index (κ1) is 16.3. The van der Waals surface area contributed by atoms with E-state index in [1.165, 1.54) is 10.9 Å². The average Bonchev–Trinajstić information content (AvgIpc) is 3.47. The number of nitrogens with two attached hydrogens (primary N) is 1. The second-order valence-corrected chi connectivity index (χ2v) is 7.25. The Hall–Kier alpha value is -3.65. The van der Waals surface area contributed by atoms with E-state index in [1.54, 1.807) is 17.0 Å². The molecule has 5 aromatic rings. The van der Waals surface area contributed by atoms with Gasteiger partial charge in [-0.25, -0.2) is 9.97 Å². The van der Waals surface area contributed by atoms with Crippen LogP contribution in [0.15, 0.2) is 57.7 Å². The zero-order chi connectivity index (χ0) is 19.4. The fourth-order valence-corrected chi connectivity index (χ4v) is 4.04. The summed E-state index contributed by atoms with van der Waals surface area (Å²) in [6.45, 7) is 2.37. The van der Waals surface area contributed by atoms with E-state index >= 15 is 0 Å². The first-order chi connectivity index (χ1) is 14.3. The number of fused-ring (bicyclic) bond motifs is 4. The molecule has 144 valence electrons. The molecule has 0 bridgehead atoms. The number of rotatable bonds is 3. The highest BCUT2D eigenvalue weighted by molar-refractivity contribution is 5.82. The van der Waals surface area contributed by atoms with Crippen LogP contribution in [-0.2, 0) is 19.5 Å². The molecule has 1 aliphatic rings. The topological polar surface area (TPSA) is 98.6 Å². The van der Waals surface area contributed by atoms with Crippen molar-refractivity contribution >= 4 is 22.6 Å². The molecule has 4 aromatic heterocycles. The average molecular weight is 386 g/mol. The number of nitrogens with zero attached hydrogens (tertiary/aromatic N) is 5. The number of aromatic nitrogens is 4. The van der Waals surface area contributed by atoms with Crippen LogP contribution in [0.1, 0.15) is 16.9 Å². The lowest BCUT2D eigenvalue weighted by Crippen LogP contribution is -2.29. The first-order valence-corrected chi connectivity index (χ1v) is 9.52. The van der Waals surface area contributed by atoms with Gasteiger partial charge in [0.1, 0.15) is 11.3 Å². The Kier molecular flexibility index (Phi) is 3.48. The van der Waals surface area contributed by atoms with Crippen LogP contribution < -0.4 is 5.73 Å². The molecule has 29 heavy (non-hydrogen) atoms. The van der Waals surface area contributed by atoms with E-state index in [0.717, 1.165) is 36.4 Å². The SMILES string of the molecule is Nc1ncc(CN2CCc3c(oc4ccccc34)C2)c2nc(-c3ccco3)nn12. The molecule has 8 nitrogen and oxygen atoms in total. The summed E-state index contributed by atoms with van der Waals surface area (Å²) in [5.41, 5.74) is 9.95. The minimum absolute atomic E-state index is 0.298. The van der Waals surface area contributed by atoms with Gasteiger partial charge >= 0.3 is 0 Å². The van der Waals surface area contributed by atoms with Gasteiger partial charge in [0.05, 0.1) is 12.8 Å². The molecule has 0 unspecified atom stereocenters. The van der Waals surface area contributed by atoms with E-state index in [2.05, 4.69) is 32.1 Å². The van der Waals surface area contributed by atoms with Gasteiger partial charge < -0.3 is 14.6 Å². The van der Waals surface area contributed by atoms with Gasteiger partial charge in [0.2, 0.25) is 11.8 Å². The molecular weight excluding hydrogens is 368 g/mol. The van der Waals surface area contributed by atoms with Crippen LogP contribution in [0.25, 0.3) is 28.2 Å². The van der Waals surface area contributed by atoms with Gasteiger partial charge in [-0.05, 0) is 24.6 Å². The Morgan fingerprint density at radius 2 is 2.07 bits per heavy atom. The lowest BCUT2D eigenvalue weighted by atomic mass is 10.0. The quantitative estimate of drug-likeness (QED) is 0.508. The fraction of sp³-hybridized carbons (Fsp3) is 0.190. The Morgan fingerprint density at radius 3 is 2.97 bits per heavy atom. The molecule has 0 fully saturated rings. The van der Waals surface area contributed by atoms with Crippen molar-refractivity contribution in [3.8, 4) is 11.6 Å². The first-order valence-electron chi connectivity index (χ1n) is 9.52. The number of hydrogen-bond donors (Lipinski definition) is 1. The Bertz CT molecular complexity index is 1330. The normalized spacial score (nSPS) is 14.6. The number of nitrogen functional groups attached to an aromatic ring is 1. The molecule has 1 aromatic carbocycles. The number of benzene rings is 1. The van der Waals surface area contributed by atoms with Gasteiger partial charge in [0.25, 0.3) is 0 Å². The van der Waals surface area contributed by atoms with E-state index in [1.807, 2.05) is 24.3 Å². The summed E-state index contributed by atoms with van der Waals surface area (Å²) in [6.07, 6.45) is 4.33. The van der Waals surface area contributed by atoms with Crippen LogP contribution in [0.3, 0.4) is 0 Å². The Labute approximate surface area is 165 Å². The minimum atomic E-state index is 0.298. The second kappa shape index (κ2) is 6.18. The molecule has 1 aliphatic heterocycles. The van der Waals surface area contributed by atoms with Crippen molar-refractivity contribution in [2.45, 2.75) is 19.5 Å². The fourth-order valence-electron chi connectivity index (χ4n) is 4.04. The molecular formula is C21H18N6O2. The third-order valence-corrected chi connectivity index (χ3v) is 5.43. The summed E-state index contributed by atoms with van der Waals surface area (Å²) in [4.78, 5) is 11.3. The summed E-state index contributed by atoms with van der Waals surface area (Å²) in [5.74, 6) is 2.43. The predicted octanol–water partition coefficient (Wildman–Crippen LogP) is 3.27. The smallest absolute Gasteiger partial charge is 0.223 e. The molecule has 5 heterocycles. The molecule has 0 spiro atoms. The molecule has 0 aliphatic carbocycles. The summed E-state index contributed by atoms with van der Waals surface area (Å²) < 4.78 is 13.1. The van der Waals surface area contributed by atoms with Gasteiger partial charge in [-0.15, -0.1) is 5.10 Å². The number of para-hydroxylation sites is 1. The Balaban J connectivity index is 1.34. The molecule has 8 heteroatoms. The summed E-state index contributed by atoms with van der Waals surface area (Å²) >= 11 is 0. The second-order valence-electron chi connectivity index (χ2n) is 7.25. The lowest BCUT2D eigenvalue weighted by Gasteiger charge is -2.25. The summed E-state index contributed by atoms with van der Waals surface area (Å²) in [5, 5.41) is 5.68. The van der Waals surface area contributed by atoms with Crippen LogP contribution in [-0.4, -0.2) is 31.0 Å². The van der Waals surface area contributed by atoms with Gasteiger partial charge in [-0.3, -0.25) is 4.90 Å². The third-order valence-electron chi connectivity index (χ3n) is 5.43. The molecule has 0 radical (unpaired) electrons. The maximum absolute atomic E-state index is 6.10. The van der Waals surface area contributed by atoms with E-state index < -0.39 is 0 Å². The highest BCUT2D eigenvalue weighted by Gasteiger charge is 2.24. The van der Waals surface area contributed by atoms with Crippen LogP contribution in [0.5, 0.6) is 0 Å². The van der Waals surface area contributed by atoms with Crippen molar-refractivity contribution in [3.05, 3.63) is 65.7 Å². The molecule has 0 atom stereocenters. The number of furan rings is 2. The highest BCUT2D eigenvalue weighted by atomic mass is 16.3. The van der Waals surface area contributed by atoms with Crippen LogP contribution in [0.4, 0.5) is 5.95 Å². The lowest BCUT2D eigenvalue weighted by molar-refractivity contribution is 0.224. The zero-order valence-corrected chi connectivity index (χ0v) is 15.6. The van der Waals surface area contributed by atoms with Crippen molar-refractivity contribution in [1.82, 2.24) is 24.5 Å². The van der Waals surface area contributed by atoms with Crippen LogP contribution >= 0.6 is 0 Å². The van der Waals surface area contributed by atoms with E-state index in [4.69, 9.17) is 14.6 Å². The minimum Gasteiger partial charge on any atom is -0.461 e.